The van der Waals surface area contributed by atoms with Crippen LogP contribution in [0.15, 0.2) is 51.1 Å². The molecular formula is C26H20BrClFN3O5. The van der Waals surface area contributed by atoms with Gasteiger partial charge in [-0.05, 0) is 36.2 Å². The van der Waals surface area contributed by atoms with Gasteiger partial charge in [0.2, 0.25) is 11.8 Å². The van der Waals surface area contributed by atoms with Crippen molar-refractivity contribution in [3.05, 3.63) is 73.7 Å². The third-order valence-electron chi connectivity index (χ3n) is 6.86. The first kappa shape index (κ1) is 25.3. The third-order valence-corrected chi connectivity index (χ3v) is 7.94. The predicted octanol–water partition coefficient (Wildman–Crippen LogP) is 4.66. The molecule has 2 N–H and O–H groups in total. The molecule has 1 saturated heterocycles. The summed E-state index contributed by atoms with van der Waals surface area (Å²) < 4.78 is 14.6. The first-order valence-corrected chi connectivity index (χ1v) is 12.7. The molecule has 0 radical (unpaired) electrons. The van der Waals surface area contributed by atoms with Crippen molar-refractivity contribution in [2.24, 2.45) is 4.99 Å². The molecule has 1 aliphatic carbocycles. The number of hydrogen-bond acceptors (Lipinski definition) is 6. The number of halogens is 3. The summed E-state index contributed by atoms with van der Waals surface area (Å²) in [4.78, 5) is 55.5. The van der Waals surface area contributed by atoms with Crippen LogP contribution in [-0.2, 0) is 20.9 Å². The number of ketones is 1. The molecule has 0 spiro atoms. The van der Waals surface area contributed by atoms with Crippen LogP contribution in [0.25, 0.3) is 0 Å². The van der Waals surface area contributed by atoms with E-state index in [0.717, 1.165) is 0 Å². The number of carbonyl (C=O) groups excluding carboxylic acids is 4. The second-order valence-electron chi connectivity index (χ2n) is 9.11. The minimum Gasteiger partial charge on any atom is -0.511 e. The lowest BCUT2D eigenvalue weighted by molar-refractivity contribution is -0.137. The summed E-state index contributed by atoms with van der Waals surface area (Å²) in [5, 5.41) is 12.9. The van der Waals surface area contributed by atoms with Crippen LogP contribution >= 0.6 is 27.5 Å². The molecule has 8 nitrogen and oxygen atoms in total. The van der Waals surface area contributed by atoms with Gasteiger partial charge in [0, 0.05) is 53.5 Å². The van der Waals surface area contributed by atoms with Crippen LogP contribution in [0.4, 0.5) is 10.1 Å². The van der Waals surface area contributed by atoms with Gasteiger partial charge >= 0.3 is 0 Å². The van der Waals surface area contributed by atoms with E-state index in [1.807, 2.05) is 0 Å². The molecular weight excluding hydrogens is 569 g/mol. The molecule has 0 bridgehead atoms. The lowest BCUT2D eigenvalue weighted by Crippen LogP contribution is -2.52. The maximum Gasteiger partial charge on any atom is 0.255 e. The summed E-state index contributed by atoms with van der Waals surface area (Å²) >= 11 is 9.49. The van der Waals surface area contributed by atoms with E-state index in [1.165, 1.54) is 23.2 Å². The first-order chi connectivity index (χ1) is 17.7. The number of carbonyl (C=O) groups is 4. The Morgan fingerprint density at radius 3 is 2.68 bits per heavy atom. The van der Waals surface area contributed by atoms with Crippen LogP contribution in [-0.4, -0.2) is 45.8 Å². The van der Waals surface area contributed by atoms with Gasteiger partial charge in [0.05, 0.1) is 16.3 Å². The highest BCUT2D eigenvalue weighted by molar-refractivity contribution is 9.10. The van der Waals surface area contributed by atoms with E-state index in [1.54, 1.807) is 18.2 Å². The molecule has 2 heterocycles. The average Bonchev–Trinajstić information content (AvgIpc) is 3.18. The van der Waals surface area contributed by atoms with E-state index in [9.17, 15) is 28.7 Å². The van der Waals surface area contributed by atoms with Gasteiger partial charge in [0.1, 0.15) is 17.6 Å². The van der Waals surface area contributed by atoms with E-state index in [0.29, 0.717) is 26.9 Å². The van der Waals surface area contributed by atoms with Gasteiger partial charge in [-0.25, -0.2) is 4.39 Å². The maximum atomic E-state index is 14.0. The largest absolute Gasteiger partial charge is 0.511 e. The van der Waals surface area contributed by atoms with Crippen molar-refractivity contribution in [1.82, 2.24) is 10.2 Å². The van der Waals surface area contributed by atoms with Crippen molar-refractivity contribution in [3.8, 4) is 0 Å². The Bertz CT molecular complexity index is 1440. The van der Waals surface area contributed by atoms with E-state index in [-0.39, 0.29) is 66.2 Å². The highest BCUT2D eigenvalue weighted by atomic mass is 79.9. The maximum absolute atomic E-state index is 14.0. The molecule has 190 valence electrons. The minimum absolute atomic E-state index is 0.00184. The number of piperidine rings is 1. The number of aliphatic imine (C=N–C) groups is 1. The summed E-state index contributed by atoms with van der Waals surface area (Å²) in [6.07, 6.45) is 1.73. The Labute approximate surface area is 224 Å². The number of rotatable bonds is 4. The topological polar surface area (TPSA) is 116 Å². The summed E-state index contributed by atoms with van der Waals surface area (Å²) in [6.45, 7) is 0.126. The van der Waals surface area contributed by atoms with Gasteiger partial charge < -0.3 is 10.0 Å². The molecule has 0 aromatic heterocycles. The zero-order valence-corrected chi connectivity index (χ0v) is 21.6. The number of aliphatic hydroxyl groups excluding tert-OH is 1. The fraction of sp³-hybridized carbons (Fsp3) is 0.269. The van der Waals surface area contributed by atoms with Gasteiger partial charge in [0.15, 0.2) is 5.78 Å². The number of amides is 3. The normalized spacial score (nSPS) is 22.2. The number of aliphatic hydroxyl groups is 1. The quantitative estimate of drug-likeness (QED) is 0.306. The molecule has 11 heteroatoms. The third kappa shape index (κ3) is 4.59. The molecule has 5 rings (SSSR count). The van der Waals surface area contributed by atoms with Crippen LogP contribution in [0.1, 0.15) is 53.1 Å². The molecule has 2 aromatic carbocycles. The van der Waals surface area contributed by atoms with Crippen LogP contribution in [0, 0.1) is 5.82 Å². The summed E-state index contributed by atoms with van der Waals surface area (Å²) in [5.41, 5.74) is 1.85. The number of nitrogens with zero attached hydrogens (tertiary/aromatic N) is 2. The monoisotopic (exact) mass is 587 g/mol. The molecule has 2 aromatic rings. The van der Waals surface area contributed by atoms with Crippen molar-refractivity contribution in [2.45, 2.75) is 44.2 Å². The number of imide groups is 1. The van der Waals surface area contributed by atoms with Crippen LogP contribution < -0.4 is 5.32 Å². The second kappa shape index (κ2) is 9.83. The molecule has 2 atom stereocenters. The highest BCUT2D eigenvalue weighted by Crippen LogP contribution is 2.41. The minimum atomic E-state index is -0.757. The van der Waals surface area contributed by atoms with E-state index < -0.39 is 23.7 Å². The van der Waals surface area contributed by atoms with E-state index in [2.05, 4.69) is 26.2 Å². The van der Waals surface area contributed by atoms with Crippen molar-refractivity contribution < 1.29 is 28.7 Å². The Kier molecular flexibility index (Phi) is 6.72. The van der Waals surface area contributed by atoms with Crippen LogP contribution in [0.2, 0.25) is 5.02 Å². The fourth-order valence-electron chi connectivity index (χ4n) is 5.00. The molecule has 2 aliphatic heterocycles. The number of fused-ring (bicyclic) bond motifs is 1. The van der Waals surface area contributed by atoms with Gasteiger partial charge in [-0.2, -0.15) is 0 Å². The summed E-state index contributed by atoms with van der Waals surface area (Å²) in [7, 11) is 0. The van der Waals surface area contributed by atoms with Crippen molar-refractivity contribution in [2.75, 3.05) is 0 Å². The highest BCUT2D eigenvalue weighted by Gasteiger charge is 2.40. The van der Waals surface area contributed by atoms with Gasteiger partial charge in [-0.15, -0.1) is 0 Å². The van der Waals surface area contributed by atoms with Crippen molar-refractivity contribution >= 4 is 62.9 Å². The first-order valence-electron chi connectivity index (χ1n) is 11.5. The Morgan fingerprint density at radius 2 is 1.95 bits per heavy atom. The van der Waals surface area contributed by atoms with Gasteiger partial charge in [-0.3, -0.25) is 29.5 Å². The molecule has 0 saturated carbocycles. The van der Waals surface area contributed by atoms with E-state index in [4.69, 9.17) is 11.6 Å². The van der Waals surface area contributed by atoms with Crippen molar-refractivity contribution in [3.63, 3.8) is 0 Å². The fourth-order valence-corrected chi connectivity index (χ4v) is 6.09. The smallest absolute Gasteiger partial charge is 0.255 e. The zero-order valence-electron chi connectivity index (χ0n) is 19.3. The van der Waals surface area contributed by atoms with Gasteiger partial charge in [-0.1, -0.05) is 33.6 Å². The molecule has 3 amide bonds. The predicted molar refractivity (Wildman–Crippen MR) is 136 cm³/mol. The second-order valence-corrected chi connectivity index (χ2v) is 10.3. The summed E-state index contributed by atoms with van der Waals surface area (Å²) in [5.74, 6) is -2.90. The number of nitrogens with one attached hydrogen (secondary N) is 1. The Hall–Kier alpha value is -3.37. The average molecular weight is 589 g/mol. The Balaban J connectivity index is 1.39. The standard InChI is InChI=1S/C26H20BrClFN3O5/c27-16-4-5-17(29)24(28)23(16)12-8-20(33)14(21(34)9-12)10-30-18-3-1-2-13-15(18)11-32(26(13)37)19-6-7-22(35)31-25(19)36/h1-5,10,12,19,33H,6-9,11H2,(H,31,35,36). The van der Waals surface area contributed by atoms with Crippen molar-refractivity contribution in [1.29, 1.82) is 0 Å². The lowest BCUT2D eigenvalue weighted by Gasteiger charge is -2.29. The SMILES string of the molecule is O=C1CCC(N2Cc3c(N=CC4=C(O)CC(c5c(Br)ccc(F)c5Cl)CC4=O)cccc3C2=O)C(=O)N1. The number of benzene rings is 2. The molecule has 37 heavy (non-hydrogen) atoms. The molecule has 1 fully saturated rings. The van der Waals surface area contributed by atoms with E-state index >= 15 is 0 Å². The lowest BCUT2D eigenvalue weighted by atomic mass is 9.83. The number of hydrogen-bond donors (Lipinski definition) is 2. The van der Waals surface area contributed by atoms with Crippen LogP contribution in [0.3, 0.4) is 0 Å². The number of allylic oxidation sites excluding steroid dienone is 2. The number of Topliss-reactive ketones (excluding diaryl/α,β-unsaturated/α-hetero) is 1. The Morgan fingerprint density at radius 1 is 1.16 bits per heavy atom. The summed E-state index contributed by atoms with van der Waals surface area (Å²) in [6, 6.07) is 6.93. The zero-order chi connectivity index (χ0) is 26.4. The van der Waals surface area contributed by atoms with Gasteiger partial charge in [0.25, 0.3) is 5.91 Å². The van der Waals surface area contributed by atoms with Crippen LogP contribution in [0.5, 0.6) is 0 Å². The molecule has 3 aliphatic rings. The molecule has 2 unspecified atom stereocenters.